The van der Waals surface area contributed by atoms with Gasteiger partial charge in [0.1, 0.15) is 12.4 Å². The lowest BCUT2D eigenvalue weighted by Gasteiger charge is -2.23. The lowest BCUT2D eigenvalue weighted by atomic mass is 10.2. The molecule has 21 heavy (non-hydrogen) atoms. The summed E-state index contributed by atoms with van der Waals surface area (Å²) in [5, 5.41) is 3.44. The van der Waals surface area contributed by atoms with Gasteiger partial charge < -0.3 is 10.1 Å². The maximum atomic E-state index is 6.01. The third-order valence-electron chi connectivity index (χ3n) is 3.95. The zero-order valence-electron chi connectivity index (χ0n) is 13.3. The fraction of sp³-hybridized carbons (Fsp3) is 0.647. The highest BCUT2D eigenvalue weighted by Crippen LogP contribution is 2.21. The highest BCUT2D eigenvalue weighted by atomic mass is 32.2. The Bertz CT molecular complexity index is 408. The molecule has 1 aromatic carbocycles. The number of hydrogen-bond acceptors (Lipinski definition) is 4. The molecule has 1 aliphatic rings. The topological polar surface area (TPSA) is 24.5 Å². The molecule has 1 heterocycles. The van der Waals surface area contributed by atoms with Gasteiger partial charge in [-0.1, -0.05) is 25.1 Å². The Balaban J connectivity index is 1.76. The van der Waals surface area contributed by atoms with Crippen LogP contribution in [-0.4, -0.2) is 49.2 Å². The van der Waals surface area contributed by atoms with Crippen molar-refractivity contribution >= 4 is 11.8 Å². The van der Waals surface area contributed by atoms with E-state index in [1.54, 1.807) is 0 Å². The van der Waals surface area contributed by atoms with Gasteiger partial charge >= 0.3 is 0 Å². The first kappa shape index (κ1) is 16.7. The molecule has 0 aliphatic carbocycles. The van der Waals surface area contributed by atoms with E-state index < -0.39 is 0 Å². The van der Waals surface area contributed by atoms with Crippen molar-refractivity contribution in [1.29, 1.82) is 0 Å². The fourth-order valence-electron chi connectivity index (χ4n) is 2.54. The molecule has 1 unspecified atom stereocenters. The minimum absolute atomic E-state index is 0.736. The molecule has 0 spiro atoms. The SMILES string of the molecule is CCCNCc1ccccc1OCCN(C)C1CCSC1. The number of para-hydroxylation sites is 1. The van der Waals surface area contributed by atoms with E-state index in [1.807, 2.05) is 0 Å². The van der Waals surface area contributed by atoms with Gasteiger partial charge in [0.15, 0.2) is 0 Å². The van der Waals surface area contributed by atoms with Crippen molar-refractivity contribution in [3.8, 4) is 5.75 Å². The molecule has 0 radical (unpaired) electrons. The second kappa shape index (κ2) is 9.34. The van der Waals surface area contributed by atoms with Crippen molar-refractivity contribution in [3.63, 3.8) is 0 Å². The van der Waals surface area contributed by atoms with Crippen molar-refractivity contribution in [1.82, 2.24) is 10.2 Å². The molecule has 2 rings (SSSR count). The van der Waals surface area contributed by atoms with Crippen LogP contribution < -0.4 is 10.1 Å². The summed E-state index contributed by atoms with van der Waals surface area (Å²) in [6.07, 6.45) is 2.48. The standard InChI is InChI=1S/C17H28N2OS/c1-3-9-18-13-15-6-4-5-7-17(15)20-11-10-19(2)16-8-12-21-14-16/h4-7,16,18H,3,8-14H2,1-2H3. The molecule has 0 amide bonds. The maximum absolute atomic E-state index is 6.01. The summed E-state index contributed by atoms with van der Waals surface area (Å²) < 4.78 is 6.01. The number of thioether (sulfide) groups is 1. The van der Waals surface area contributed by atoms with Gasteiger partial charge in [-0.15, -0.1) is 0 Å². The van der Waals surface area contributed by atoms with Crippen LogP contribution in [-0.2, 0) is 6.54 Å². The molecule has 0 saturated carbocycles. The Morgan fingerprint density at radius 3 is 3.00 bits per heavy atom. The molecule has 3 nitrogen and oxygen atoms in total. The quantitative estimate of drug-likeness (QED) is 0.709. The average molecular weight is 308 g/mol. The summed E-state index contributed by atoms with van der Waals surface area (Å²) in [5.41, 5.74) is 1.25. The van der Waals surface area contributed by atoms with Gasteiger partial charge in [0.2, 0.25) is 0 Å². The molecule has 4 heteroatoms. The highest BCUT2D eigenvalue weighted by Gasteiger charge is 2.19. The van der Waals surface area contributed by atoms with E-state index in [-0.39, 0.29) is 0 Å². The first-order valence-electron chi connectivity index (χ1n) is 8.00. The van der Waals surface area contributed by atoms with Crippen LogP contribution in [0.3, 0.4) is 0 Å². The number of likely N-dealkylation sites (N-methyl/N-ethyl adjacent to an activating group) is 1. The van der Waals surface area contributed by atoms with Crippen LogP contribution in [0.5, 0.6) is 5.75 Å². The third-order valence-corrected chi connectivity index (χ3v) is 5.09. The lowest BCUT2D eigenvalue weighted by molar-refractivity contribution is 0.201. The van der Waals surface area contributed by atoms with E-state index in [9.17, 15) is 0 Å². The zero-order chi connectivity index (χ0) is 14.9. The van der Waals surface area contributed by atoms with Crippen LogP contribution in [0.1, 0.15) is 25.3 Å². The summed E-state index contributed by atoms with van der Waals surface area (Å²) >= 11 is 2.06. The molecule has 1 atom stereocenters. The summed E-state index contributed by atoms with van der Waals surface area (Å²) in [7, 11) is 2.22. The minimum atomic E-state index is 0.736. The normalized spacial score (nSPS) is 18.3. The van der Waals surface area contributed by atoms with Gasteiger partial charge in [0, 0.05) is 30.4 Å². The van der Waals surface area contributed by atoms with Gasteiger partial charge in [-0.3, -0.25) is 4.90 Å². The van der Waals surface area contributed by atoms with Crippen molar-refractivity contribution in [3.05, 3.63) is 29.8 Å². The van der Waals surface area contributed by atoms with E-state index in [4.69, 9.17) is 4.74 Å². The first-order valence-corrected chi connectivity index (χ1v) is 9.16. The first-order chi connectivity index (χ1) is 10.3. The molecule has 0 aromatic heterocycles. The predicted octanol–water partition coefficient (Wildman–Crippen LogP) is 3.00. The van der Waals surface area contributed by atoms with E-state index in [0.29, 0.717) is 0 Å². The predicted molar refractivity (Wildman–Crippen MR) is 92.3 cm³/mol. The molecule has 1 aliphatic heterocycles. The van der Waals surface area contributed by atoms with E-state index in [1.165, 1.54) is 23.5 Å². The lowest BCUT2D eigenvalue weighted by Crippen LogP contribution is -2.34. The molecule has 118 valence electrons. The minimum Gasteiger partial charge on any atom is -0.492 e. The Labute approximate surface area is 133 Å². The van der Waals surface area contributed by atoms with Crippen LogP contribution in [0.2, 0.25) is 0 Å². The Kier molecular flexibility index (Phi) is 7.41. The van der Waals surface area contributed by atoms with Crippen molar-refractivity contribution in [2.24, 2.45) is 0 Å². The van der Waals surface area contributed by atoms with Crippen LogP contribution in [0.15, 0.2) is 24.3 Å². The monoisotopic (exact) mass is 308 g/mol. The Morgan fingerprint density at radius 2 is 2.24 bits per heavy atom. The molecule has 1 saturated heterocycles. The van der Waals surface area contributed by atoms with Crippen LogP contribution in [0.25, 0.3) is 0 Å². The Hall–Kier alpha value is -0.710. The highest BCUT2D eigenvalue weighted by molar-refractivity contribution is 7.99. The van der Waals surface area contributed by atoms with Gasteiger partial charge in [0.05, 0.1) is 0 Å². The van der Waals surface area contributed by atoms with Gasteiger partial charge in [-0.25, -0.2) is 0 Å². The van der Waals surface area contributed by atoms with Gasteiger partial charge in [0.25, 0.3) is 0 Å². The molecule has 1 fully saturated rings. The molecule has 0 bridgehead atoms. The van der Waals surface area contributed by atoms with Gasteiger partial charge in [-0.2, -0.15) is 11.8 Å². The molecular formula is C17H28N2OS. The second-order valence-corrected chi connectivity index (χ2v) is 6.78. The summed E-state index contributed by atoms with van der Waals surface area (Å²) in [4.78, 5) is 2.44. The third kappa shape index (κ3) is 5.53. The van der Waals surface area contributed by atoms with E-state index in [0.717, 1.165) is 44.5 Å². The average Bonchev–Trinajstić information content (AvgIpc) is 3.03. The zero-order valence-corrected chi connectivity index (χ0v) is 14.1. The van der Waals surface area contributed by atoms with Crippen molar-refractivity contribution < 1.29 is 4.74 Å². The maximum Gasteiger partial charge on any atom is 0.123 e. The number of benzene rings is 1. The van der Waals surface area contributed by atoms with Crippen LogP contribution in [0, 0.1) is 0 Å². The van der Waals surface area contributed by atoms with Crippen LogP contribution >= 0.6 is 11.8 Å². The largest absolute Gasteiger partial charge is 0.492 e. The molecule has 1 aromatic rings. The van der Waals surface area contributed by atoms with Crippen molar-refractivity contribution in [2.75, 3.05) is 38.2 Å². The van der Waals surface area contributed by atoms with E-state index >= 15 is 0 Å². The fourth-order valence-corrected chi connectivity index (χ4v) is 3.84. The summed E-state index contributed by atoms with van der Waals surface area (Å²) in [6, 6.07) is 9.09. The van der Waals surface area contributed by atoms with Crippen LogP contribution in [0.4, 0.5) is 0 Å². The number of hydrogen-bond donors (Lipinski definition) is 1. The number of nitrogens with one attached hydrogen (secondary N) is 1. The number of ether oxygens (including phenoxy) is 1. The smallest absolute Gasteiger partial charge is 0.123 e. The molecular weight excluding hydrogens is 280 g/mol. The Morgan fingerprint density at radius 1 is 1.38 bits per heavy atom. The summed E-state index contributed by atoms with van der Waals surface area (Å²) in [6.45, 7) is 5.90. The summed E-state index contributed by atoms with van der Waals surface area (Å²) in [5.74, 6) is 3.60. The molecule has 1 N–H and O–H groups in total. The van der Waals surface area contributed by atoms with Gasteiger partial charge in [-0.05, 0) is 38.3 Å². The van der Waals surface area contributed by atoms with E-state index in [2.05, 4.69) is 60.2 Å². The van der Waals surface area contributed by atoms with Crippen molar-refractivity contribution in [2.45, 2.75) is 32.4 Å². The number of rotatable bonds is 9. The number of nitrogens with zero attached hydrogens (tertiary/aromatic N) is 1. The second-order valence-electron chi connectivity index (χ2n) is 5.63.